The van der Waals surface area contributed by atoms with Crippen LogP contribution in [0.1, 0.15) is 36.5 Å². The Balaban J connectivity index is 2.10. The molecule has 0 aliphatic carbocycles. The van der Waals surface area contributed by atoms with Crippen LogP contribution in [0, 0.1) is 0 Å². The average molecular weight is 297 g/mol. The number of hydrogen-bond acceptors (Lipinski definition) is 3. The number of phenols is 1. The summed E-state index contributed by atoms with van der Waals surface area (Å²) in [5.41, 5.74) is 0.527. The van der Waals surface area contributed by atoms with Gasteiger partial charge in [-0.25, -0.2) is 0 Å². The average Bonchev–Trinajstić information content (AvgIpc) is 2.93. The Kier molecular flexibility index (Phi) is 5.26. The van der Waals surface area contributed by atoms with E-state index in [9.17, 15) is 9.90 Å². The van der Waals surface area contributed by atoms with Gasteiger partial charge in [-0.15, -0.1) is 0 Å². The molecule has 1 aliphatic rings. The van der Waals surface area contributed by atoms with Crippen molar-refractivity contribution in [1.82, 2.24) is 10.2 Å². The molecule has 1 atom stereocenters. The molecule has 2 rings (SSSR count). The summed E-state index contributed by atoms with van der Waals surface area (Å²) in [5, 5.41) is 13.1. The minimum Gasteiger partial charge on any atom is -0.506 e. The molecule has 20 heavy (non-hydrogen) atoms. The third-order valence-corrected chi connectivity index (χ3v) is 3.88. The number of nitrogens with zero attached hydrogens (tertiary/aromatic N) is 1. The van der Waals surface area contributed by atoms with Crippen LogP contribution in [0.15, 0.2) is 18.2 Å². The van der Waals surface area contributed by atoms with Crippen molar-refractivity contribution in [2.75, 3.05) is 19.6 Å². The topological polar surface area (TPSA) is 52.6 Å². The smallest absolute Gasteiger partial charge is 0.253 e. The molecule has 1 fully saturated rings. The van der Waals surface area contributed by atoms with E-state index in [1.54, 1.807) is 6.07 Å². The number of halogens is 1. The zero-order valence-electron chi connectivity index (χ0n) is 11.7. The van der Waals surface area contributed by atoms with Crippen LogP contribution in [0.5, 0.6) is 5.75 Å². The van der Waals surface area contributed by atoms with Crippen molar-refractivity contribution in [2.45, 2.75) is 32.2 Å². The highest BCUT2D eigenvalue weighted by molar-refractivity contribution is 6.32. The van der Waals surface area contributed by atoms with Gasteiger partial charge in [-0.2, -0.15) is 0 Å². The summed E-state index contributed by atoms with van der Waals surface area (Å²) in [7, 11) is 0. The van der Waals surface area contributed by atoms with E-state index in [0.29, 0.717) is 11.6 Å². The van der Waals surface area contributed by atoms with Crippen LogP contribution < -0.4 is 5.32 Å². The molecule has 1 aromatic rings. The molecule has 0 spiro atoms. The van der Waals surface area contributed by atoms with Crippen molar-refractivity contribution in [2.24, 2.45) is 0 Å². The second kappa shape index (κ2) is 6.95. The molecule has 1 unspecified atom stereocenters. The zero-order chi connectivity index (χ0) is 14.5. The molecule has 5 heteroatoms. The number of rotatable bonds is 5. The van der Waals surface area contributed by atoms with Gasteiger partial charge in [0, 0.05) is 24.7 Å². The van der Waals surface area contributed by atoms with Gasteiger partial charge in [-0.05, 0) is 44.0 Å². The number of phenolic OH excluding ortho intramolecular Hbond substituents is 1. The highest BCUT2D eigenvalue weighted by Crippen LogP contribution is 2.24. The molecule has 0 saturated carbocycles. The maximum atomic E-state index is 12.5. The molecule has 4 nitrogen and oxygen atoms in total. The number of benzene rings is 1. The summed E-state index contributed by atoms with van der Waals surface area (Å²) < 4.78 is 0. The summed E-state index contributed by atoms with van der Waals surface area (Å²) in [6, 6.07) is 5.00. The van der Waals surface area contributed by atoms with Crippen molar-refractivity contribution < 1.29 is 9.90 Å². The molecule has 1 aromatic carbocycles. The Morgan fingerprint density at radius 3 is 2.95 bits per heavy atom. The first-order valence-electron chi connectivity index (χ1n) is 7.13. The van der Waals surface area contributed by atoms with Crippen LogP contribution in [0.25, 0.3) is 0 Å². The first-order valence-corrected chi connectivity index (χ1v) is 7.50. The summed E-state index contributed by atoms with van der Waals surface area (Å²) in [6.45, 7) is 4.55. The molecular weight excluding hydrogens is 276 g/mol. The molecule has 0 bridgehead atoms. The highest BCUT2D eigenvalue weighted by Gasteiger charge is 2.22. The predicted molar refractivity (Wildman–Crippen MR) is 80.3 cm³/mol. The lowest BCUT2D eigenvalue weighted by atomic mass is 10.1. The maximum Gasteiger partial charge on any atom is 0.253 e. The van der Waals surface area contributed by atoms with Crippen LogP contribution in [-0.2, 0) is 0 Å². The molecule has 1 heterocycles. The molecule has 2 N–H and O–H groups in total. The Hall–Kier alpha value is -1.26. The standard InChI is InChI=1S/C15H21ClN2O2/c1-2-8-18(10-12-4-3-7-17-12)15(20)11-5-6-14(19)13(16)9-11/h5-6,9,12,17,19H,2-4,7-8,10H2,1H3. The minimum atomic E-state index is -0.0255. The van der Waals surface area contributed by atoms with Crippen LogP contribution in [0.3, 0.4) is 0 Å². The number of hydrogen-bond donors (Lipinski definition) is 2. The van der Waals surface area contributed by atoms with Gasteiger partial charge in [-0.3, -0.25) is 4.79 Å². The normalized spacial score (nSPS) is 18.2. The van der Waals surface area contributed by atoms with E-state index in [1.807, 2.05) is 4.90 Å². The lowest BCUT2D eigenvalue weighted by molar-refractivity contribution is 0.0742. The van der Waals surface area contributed by atoms with Crippen molar-refractivity contribution in [1.29, 1.82) is 0 Å². The highest BCUT2D eigenvalue weighted by atomic mass is 35.5. The van der Waals surface area contributed by atoms with Gasteiger partial charge in [0.1, 0.15) is 5.75 Å². The molecule has 0 radical (unpaired) electrons. The lowest BCUT2D eigenvalue weighted by Crippen LogP contribution is -2.41. The molecule has 1 amide bonds. The van der Waals surface area contributed by atoms with Crippen LogP contribution >= 0.6 is 11.6 Å². The maximum absolute atomic E-state index is 12.5. The van der Waals surface area contributed by atoms with E-state index in [1.165, 1.54) is 18.6 Å². The van der Waals surface area contributed by atoms with E-state index in [-0.39, 0.29) is 16.7 Å². The van der Waals surface area contributed by atoms with E-state index < -0.39 is 0 Å². The van der Waals surface area contributed by atoms with Crippen molar-refractivity contribution in [3.8, 4) is 5.75 Å². The molecular formula is C15H21ClN2O2. The van der Waals surface area contributed by atoms with Crippen LogP contribution in [-0.4, -0.2) is 41.6 Å². The van der Waals surface area contributed by atoms with Gasteiger partial charge in [0.2, 0.25) is 0 Å². The Labute approximate surface area is 124 Å². The quantitative estimate of drug-likeness (QED) is 0.878. The first kappa shape index (κ1) is 15.1. The van der Waals surface area contributed by atoms with Gasteiger partial charge < -0.3 is 15.3 Å². The second-order valence-corrected chi connectivity index (χ2v) is 5.62. The van der Waals surface area contributed by atoms with Crippen LogP contribution in [0.4, 0.5) is 0 Å². The predicted octanol–water partition coefficient (Wildman–Crippen LogP) is 2.65. The molecule has 1 saturated heterocycles. The first-order chi connectivity index (χ1) is 9.61. The summed E-state index contributed by atoms with van der Waals surface area (Å²) in [5.74, 6) is -0.0230. The number of aromatic hydroxyl groups is 1. The number of nitrogens with one attached hydrogen (secondary N) is 1. The van der Waals surface area contributed by atoms with Gasteiger partial charge in [0.25, 0.3) is 5.91 Å². The fourth-order valence-corrected chi connectivity index (χ4v) is 2.73. The minimum absolute atomic E-state index is 0.00252. The van der Waals surface area contributed by atoms with Gasteiger partial charge in [0.05, 0.1) is 5.02 Å². The zero-order valence-corrected chi connectivity index (χ0v) is 12.5. The number of carbonyl (C=O) groups excluding carboxylic acids is 1. The van der Waals surface area contributed by atoms with Crippen molar-refractivity contribution in [3.05, 3.63) is 28.8 Å². The molecule has 1 aliphatic heterocycles. The van der Waals surface area contributed by atoms with E-state index >= 15 is 0 Å². The Bertz CT molecular complexity index is 473. The fourth-order valence-electron chi connectivity index (χ4n) is 2.55. The van der Waals surface area contributed by atoms with E-state index in [0.717, 1.165) is 32.5 Å². The Morgan fingerprint density at radius 1 is 1.55 bits per heavy atom. The molecule has 0 aromatic heterocycles. The SMILES string of the molecule is CCCN(CC1CCCN1)C(=O)c1ccc(O)c(Cl)c1. The van der Waals surface area contributed by atoms with Crippen LogP contribution in [0.2, 0.25) is 5.02 Å². The molecule has 110 valence electrons. The number of amides is 1. The van der Waals surface area contributed by atoms with E-state index in [4.69, 9.17) is 11.6 Å². The van der Waals surface area contributed by atoms with Crippen molar-refractivity contribution >= 4 is 17.5 Å². The summed E-state index contributed by atoms with van der Waals surface area (Å²) >= 11 is 5.88. The third kappa shape index (κ3) is 3.64. The second-order valence-electron chi connectivity index (χ2n) is 5.21. The fraction of sp³-hybridized carbons (Fsp3) is 0.533. The summed E-state index contributed by atoms with van der Waals surface area (Å²) in [6.07, 6.45) is 3.21. The van der Waals surface area contributed by atoms with Crippen molar-refractivity contribution in [3.63, 3.8) is 0 Å². The monoisotopic (exact) mass is 296 g/mol. The van der Waals surface area contributed by atoms with E-state index in [2.05, 4.69) is 12.2 Å². The van der Waals surface area contributed by atoms with Gasteiger partial charge in [0.15, 0.2) is 0 Å². The van der Waals surface area contributed by atoms with Gasteiger partial charge >= 0.3 is 0 Å². The Morgan fingerprint density at radius 2 is 2.35 bits per heavy atom. The number of carbonyl (C=O) groups is 1. The van der Waals surface area contributed by atoms with Gasteiger partial charge in [-0.1, -0.05) is 18.5 Å². The largest absolute Gasteiger partial charge is 0.506 e. The summed E-state index contributed by atoms with van der Waals surface area (Å²) in [4.78, 5) is 14.4. The third-order valence-electron chi connectivity index (χ3n) is 3.58. The lowest BCUT2D eigenvalue weighted by Gasteiger charge is -2.25.